The van der Waals surface area contributed by atoms with Gasteiger partial charge in [-0.3, -0.25) is 9.91 Å². The lowest BCUT2D eigenvalue weighted by Gasteiger charge is -2.32. The summed E-state index contributed by atoms with van der Waals surface area (Å²) in [5.41, 5.74) is 4.15. The van der Waals surface area contributed by atoms with Crippen LogP contribution in [0, 0.1) is 18.3 Å². The normalized spacial score (nSPS) is 15.6. The lowest BCUT2D eigenvalue weighted by Crippen LogP contribution is -2.43. The van der Waals surface area contributed by atoms with Gasteiger partial charge in [-0.15, -0.1) is 5.11 Å². The molecule has 0 bridgehead atoms. The molecule has 0 spiro atoms. The molecule has 5 nitrogen and oxygen atoms in total. The number of rotatable bonds is 4. The van der Waals surface area contributed by atoms with Crippen molar-refractivity contribution in [3.63, 3.8) is 0 Å². The molecule has 1 aliphatic rings. The minimum atomic E-state index is 0.638. The van der Waals surface area contributed by atoms with Crippen molar-refractivity contribution >= 4 is 5.69 Å². The van der Waals surface area contributed by atoms with Crippen LogP contribution in [-0.4, -0.2) is 36.1 Å². The Bertz CT molecular complexity index is 737. The summed E-state index contributed by atoms with van der Waals surface area (Å²) in [6, 6.07) is 17.8. The van der Waals surface area contributed by atoms with Gasteiger partial charge in [-0.1, -0.05) is 29.5 Å². The fraction of sp³-hybridized carbons (Fsp3) is 0.316. The van der Waals surface area contributed by atoms with Gasteiger partial charge in [-0.25, -0.2) is 0 Å². The first-order valence-electron chi connectivity index (χ1n) is 8.18. The Morgan fingerprint density at radius 2 is 1.71 bits per heavy atom. The van der Waals surface area contributed by atoms with Gasteiger partial charge in [0.2, 0.25) is 0 Å². The van der Waals surface area contributed by atoms with E-state index in [9.17, 15) is 0 Å². The average molecular weight is 319 g/mol. The molecule has 0 radical (unpaired) electrons. The Labute approximate surface area is 142 Å². The summed E-state index contributed by atoms with van der Waals surface area (Å²) in [5, 5.41) is 19.4. The maximum atomic E-state index is 8.79. The smallest absolute Gasteiger partial charge is 0.0991 e. The monoisotopic (exact) mass is 319 g/mol. The second kappa shape index (κ2) is 7.71. The van der Waals surface area contributed by atoms with Crippen LogP contribution in [0.1, 0.15) is 16.7 Å². The van der Waals surface area contributed by atoms with E-state index in [0.717, 1.165) is 38.4 Å². The predicted octanol–water partition coefficient (Wildman–Crippen LogP) is 3.68. The Morgan fingerprint density at radius 1 is 1.00 bits per heavy atom. The maximum Gasteiger partial charge on any atom is 0.0991 e. The lowest BCUT2D eigenvalue weighted by atomic mass is 10.1. The molecule has 0 atom stereocenters. The third-order valence-electron chi connectivity index (χ3n) is 4.29. The van der Waals surface area contributed by atoms with E-state index in [1.165, 1.54) is 11.1 Å². The van der Waals surface area contributed by atoms with Crippen LogP contribution in [0.15, 0.2) is 58.9 Å². The van der Waals surface area contributed by atoms with Crippen molar-refractivity contribution in [2.75, 3.05) is 26.2 Å². The molecule has 2 aromatic carbocycles. The zero-order valence-electron chi connectivity index (χ0n) is 13.9. The summed E-state index contributed by atoms with van der Waals surface area (Å²) >= 11 is 0. The second-order valence-electron chi connectivity index (χ2n) is 6.00. The number of aryl methyl sites for hydroxylation is 1. The van der Waals surface area contributed by atoms with Gasteiger partial charge in [-0.05, 0) is 42.3 Å². The fourth-order valence-corrected chi connectivity index (χ4v) is 2.73. The van der Waals surface area contributed by atoms with Gasteiger partial charge in [0.1, 0.15) is 0 Å². The molecule has 1 saturated heterocycles. The zero-order valence-corrected chi connectivity index (χ0v) is 13.9. The highest BCUT2D eigenvalue weighted by Gasteiger charge is 2.16. The van der Waals surface area contributed by atoms with Gasteiger partial charge in [0.05, 0.1) is 30.4 Å². The topological polar surface area (TPSA) is 55.0 Å². The molecule has 1 aliphatic heterocycles. The van der Waals surface area contributed by atoms with Crippen LogP contribution in [0.2, 0.25) is 0 Å². The molecule has 0 unspecified atom stereocenters. The molecule has 1 fully saturated rings. The molecule has 5 heteroatoms. The summed E-state index contributed by atoms with van der Waals surface area (Å²) in [4.78, 5) is 2.45. The predicted molar refractivity (Wildman–Crippen MR) is 93.7 cm³/mol. The first kappa shape index (κ1) is 16.2. The number of benzene rings is 2. The SMILES string of the molecule is Cc1ccccc1CN1CCN(N=Nc2ccc(C#N)cc2)CC1. The standard InChI is InChI=1S/C19H21N5/c1-16-4-2-3-5-18(16)15-23-10-12-24(13-11-23)22-21-19-8-6-17(14-20)7-9-19/h2-9H,10-13,15H2,1H3. The highest BCUT2D eigenvalue weighted by atomic mass is 15.6. The molecule has 0 saturated carbocycles. The van der Waals surface area contributed by atoms with Crippen molar-refractivity contribution in [3.8, 4) is 6.07 Å². The molecular formula is C19H21N5. The molecule has 0 N–H and O–H groups in total. The minimum Gasteiger partial charge on any atom is -0.295 e. The lowest BCUT2D eigenvalue weighted by molar-refractivity contribution is 0.124. The number of piperazine rings is 1. The van der Waals surface area contributed by atoms with E-state index in [1.54, 1.807) is 12.1 Å². The van der Waals surface area contributed by atoms with Crippen LogP contribution in [0.3, 0.4) is 0 Å². The molecule has 0 aliphatic carbocycles. The van der Waals surface area contributed by atoms with Gasteiger partial charge in [0.15, 0.2) is 0 Å². The molecule has 122 valence electrons. The largest absolute Gasteiger partial charge is 0.295 e. The van der Waals surface area contributed by atoms with Gasteiger partial charge < -0.3 is 0 Å². The van der Waals surface area contributed by atoms with Gasteiger partial charge in [-0.2, -0.15) is 5.26 Å². The van der Waals surface area contributed by atoms with Crippen molar-refractivity contribution in [2.24, 2.45) is 10.3 Å². The summed E-state index contributed by atoms with van der Waals surface area (Å²) in [5.74, 6) is 0. The van der Waals surface area contributed by atoms with Crippen LogP contribution in [0.5, 0.6) is 0 Å². The van der Waals surface area contributed by atoms with Crippen molar-refractivity contribution < 1.29 is 0 Å². The van der Waals surface area contributed by atoms with Gasteiger partial charge >= 0.3 is 0 Å². The third kappa shape index (κ3) is 4.18. The average Bonchev–Trinajstić information content (AvgIpc) is 2.63. The Morgan fingerprint density at radius 3 is 2.38 bits per heavy atom. The molecule has 24 heavy (non-hydrogen) atoms. The van der Waals surface area contributed by atoms with Gasteiger partial charge in [0.25, 0.3) is 0 Å². The summed E-state index contributed by atoms with van der Waals surface area (Å²) in [6.07, 6.45) is 0. The molecule has 1 heterocycles. The van der Waals surface area contributed by atoms with Gasteiger partial charge in [0, 0.05) is 19.6 Å². The van der Waals surface area contributed by atoms with E-state index in [4.69, 9.17) is 5.26 Å². The third-order valence-corrected chi connectivity index (χ3v) is 4.29. The molecule has 0 aromatic heterocycles. The summed E-state index contributed by atoms with van der Waals surface area (Å²) in [6.45, 7) is 6.89. The van der Waals surface area contributed by atoms with E-state index in [0.29, 0.717) is 5.56 Å². The first-order valence-corrected chi connectivity index (χ1v) is 8.18. The summed E-state index contributed by atoms with van der Waals surface area (Å²) < 4.78 is 0. The molecular weight excluding hydrogens is 298 g/mol. The number of nitriles is 1. The van der Waals surface area contributed by atoms with Crippen molar-refractivity contribution in [3.05, 3.63) is 65.2 Å². The Hall–Kier alpha value is -2.71. The summed E-state index contributed by atoms with van der Waals surface area (Å²) in [7, 11) is 0. The van der Waals surface area contributed by atoms with Crippen LogP contribution in [0.25, 0.3) is 0 Å². The quantitative estimate of drug-likeness (QED) is 0.808. The molecule has 2 aromatic rings. The van der Waals surface area contributed by atoms with Crippen LogP contribution >= 0.6 is 0 Å². The number of hydrogen-bond acceptors (Lipinski definition) is 4. The van der Waals surface area contributed by atoms with E-state index in [2.05, 4.69) is 52.5 Å². The van der Waals surface area contributed by atoms with Crippen molar-refractivity contribution in [2.45, 2.75) is 13.5 Å². The second-order valence-corrected chi connectivity index (χ2v) is 6.00. The number of hydrogen-bond donors (Lipinski definition) is 0. The van der Waals surface area contributed by atoms with E-state index < -0.39 is 0 Å². The van der Waals surface area contributed by atoms with Crippen LogP contribution in [-0.2, 0) is 6.54 Å². The van der Waals surface area contributed by atoms with Crippen molar-refractivity contribution in [1.29, 1.82) is 5.26 Å². The highest BCUT2D eigenvalue weighted by Crippen LogP contribution is 2.16. The zero-order chi connectivity index (χ0) is 16.8. The Kier molecular flexibility index (Phi) is 5.19. The van der Waals surface area contributed by atoms with Crippen LogP contribution in [0.4, 0.5) is 5.69 Å². The fourth-order valence-electron chi connectivity index (χ4n) is 2.73. The van der Waals surface area contributed by atoms with Crippen molar-refractivity contribution in [1.82, 2.24) is 9.91 Å². The van der Waals surface area contributed by atoms with E-state index in [-0.39, 0.29) is 0 Å². The van der Waals surface area contributed by atoms with E-state index in [1.807, 2.05) is 17.1 Å². The first-order chi connectivity index (χ1) is 11.7. The molecule has 3 rings (SSSR count). The highest BCUT2D eigenvalue weighted by molar-refractivity contribution is 5.41. The molecule has 0 amide bonds. The Balaban J connectivity index is 1.50. The minimum absolute atomic E-state index is 0.638. The van der Waals surface area contributed by atoms with E-state index >= 15 is 0 Å². The number of nitrogens with zero attached hydrogens (tertiary/aromatic N) is 5. The van der Waals surface area contributed by atoms with Crippen LogP contribution < -0.4 is 0 Å². The maximum absolute atomic E-state index is 8.79.